The Hall–Kier alpha value is -0.940. The summed E-state index contributed by atoms with van der Waals surface area (Å²) < 4.78 is 26.6. The third-order valence-corrected chi connectivity index (χ3v) is 6.65. The van der Waals surface area contributed by atoms with Crippen LogP contribution in [0.5, 0.6) is 0 Å². The van der Waals surface area contributed by atoms with Crippen molar-refractivity contribution in [3.8, 4) is 6.07 Å². The van der Waals surface area contributed by atoms with E-state index in [1.165, 1.54) is 10.4 Å². The lowest BCUT2D eigenvalue weighted by Crippen LogP contribution is -2.50. The van der Waals surface area contributed by atoms with Crippen LogP contribution in [0, 0.1) is 11.3 Å². The average Bonchev–Trinajstić information content (AvgIpc) is 2.88. The molecule has 0 atom stereocenters. The molecule has 0 aliphatic carbocycles. The Morgan fingerprint density at radius 2 is 1.89 bits per heavy atom. The summed E-state index contributed by atoms with van der Waals surface area (Å²) in [6.07, 6.45) is 0. The molecule has 0 amide bonds. The highest BCUT2D eigenvalue weighted by Crippen LogP contribution is 2.25. The third-order valence-electron chi connectivity index (χ3n) is 3.29. The van der Waals surface area contributed by atoms with Gasteiger partial charge in [0, 0.05) is 32.2 Å². The summed E-state index contributed by atoms with van der Waals surface area (Å²) in [6.45, 7) is 6.77. The molecule has 1 saturated heterocycles. The van der Waals surface area contributed by atoms with E-state index in [0.29, 0.717) is 24.0 Å². The molecule has 7 heteroatoms. The largest absolute Gasteiger partial charge is 0.298 e. The Kier molecular flexibility index (Phi) is 4.26. The fourth-order valence-electron chi connectivity index (χ4n) is 2.11. The molecule has 1 aliphatic heterocycles. The lowest BCUT2D eigenvalue weighted by atomic mass is 10.3. The van der Waals surface area contributed by atoms with Crippen LogP contribution in [0.3, 0.4) is 0 Å². The van der Waals surface area contributed by atoms with Gasteiger partial charge in [-0.1, -0.05) is 0 Å². The molecule has 0 bridgehead atoms. The quantitative estimate of drug-likeness (QED) is 0.845. The minimum Gasteiger partial charge on any atom is -0.298 e. The first-order chi connectivity index (χ1) is 8.95. The molecule has 1 aromatic rings. The molecule has 0 spiro atoms. The van der Waals surface area contributed by atoms with Crippen molar-refractivity contribution in [3.05, 3.63) is 17.0 Å². The predicted molar refractivity (Wildman–Crippen MR) is 74.5 cm³/mol. The van der Waals surface area contributed by atoms with Gasteiger partial charge >= 0.3 is 0 Å². The van der Waals surface area contributed by atoms with Gasteiger partial charge in [0.1, 0.15) is 15.2 Å². The Balaban J connectivity index is 2.12. The van der Waals surface area contributed by atoms with Crippen molar-refractivity contribution in [2.45, 2.75) is 24.1 Å². The van der Waals surface area contributed by atoms with Crippen LogP contribution in [0.1, 0.15) is 18.7 Å². The van der Waals surface area contributed by atoms with Crippen molar-refractivity contribution in [1.29, 1.82) is 5.26 Å². The van der Waals surface area contributed by atoms with Crippen LogP contribution < -0.4 is 0 Å². The number of thiophene rings is 1. The Bertz CT molecular complexity index is 578. The van der Waals surface area contributed by atoms with Crippen molar-refractivity contribution >= 4 is 21.4 Å². The van der Waals surface area contributed by atoms with Crippen LogP contribution in [-0.2, 0) is 10.0 Å². The number of nitriles is 1. The highest BCUT2D eigenvalue weighted by atomic mass is 32.2. The predicted octanol–water partition coefficient (Wildman–Crippen LogP) is 1.33. The molecule has 0 unspecified atom stereocenters. The normalized spacial score (nSPS) is 18.6. The number of nitrogens with zero attached hydrogens (tertiary/aromatic N) is 3. The minimum absolute atomic E-state index is 0.266. The molecule has 2 heterocycles. The summed E-state index contributed by atoms with van der Waals surface area (Å²) in [5.41, 5.74) is 0. The second-order valence-electron chi connectivity index (χ2n) is 4.76. The van der Waals surface area contributed by atoms with Crippen molar-refractivity contribution in [2.24, 2.45) is 0 Å². The van der Waals surface area contributed by atoms with E-state index in [1.807, 2.05) is 6.07 Å². The standard InChI is InChI=1S/C12H17N3O2S2/c1-10(2)14-5-7-15(8-6-14)19(16,17)12-4-3-11(9-13)18-12/h3-4,10H,5-8H2,1-2H3. The zero-order valence-corrected chi connectivity index (χ0v) is 12.7. The molecular formula is C12H17N3O2S2. The third kappa shape index (κ3) is 2.98. The molecule has 1 aromatic heterocycles. The van der Waals surface area contributed by atoms with Gasteiger partial charge in [-0.05, 0) is 26.0 Å². The molecule has 5 nitrogen and oxygen atoms in total. The zero-order valence-electron chi connectivity index (χ0n) is 11.0. The molecule has 0 radical (unpaired) electrons. The number of sulfonamides is 1. The number of piperazine rings is 1. The van der Waals surface area contributed by atoms with Crippen LogP contribution in [0.15, 0.2) is 16.3 Å². The minimum atomic E-state index is -3.43. The molecule has 2 rings (SSSR count). The summed E-state index contributed by atoms with van der Waals surface area (Å²) in [5.74, 6) is 0. The zero-order chi connectivity index (χ0) is 14.0. The maximum Gasteiger partial charge on any atom is 0.252 e. The first-order valence-corrected chi connectivity index (χ1v) is 8.45. The van der Waals surface area contributed by atoms with Crippen LogP contribution >= 0.6 is 11.3 Å². The van der Waals surface area contributed by atoms with Crippen LogP contribution in [0.4, 0.5) is 0 Å². The van der Waals surface area contributed by atoms with Gasteiger partial charge in [-0.25, -0.2) is 8.42 Å². The van der Waals surface area contributed by atoms with Gasteiger partial charge in [0.2, 0.25) is 0 Å². The highest BCUT2D eigenvalue weighted by molar-refractivity contribution is 7.91. The van der Waals surface area contributed by atoms with Gasteiger partial charge < -0.3 is 0 Å². The van der Waals surface area contributed by atoms with E-state index in [9.17, 15) is 8.42 Å². The lowest BCUT2D eigenvalue weighted by molar-refractivity contribution is 0.154. The van der Waals surface area contributed by atoms with Crippen LogP contribution in [0.2, 0.25) is 0 Å². The van der Waals surface area contributed by atoms with Gasteiger partial charge in [0.15, 0.2) is 0 Å². The fourth-order valence-corrected chi connectivity index (χ4v) is 4.79. The van der Waals surface area contributed by atoms with E-state index in [-0.39, 0.29) is 4.21 Å². The molecule has 0 saturated carbocycles. The van der Waals surface area contributed by atoms with Gasteiger partial charge in [0.05, 0.1) is 0 Å². The Morgan fingerprint density at radius 1 is 1.26 bits per heavy atom. The highest BCUT2D eigenvalue weighted by Gasteiger charge is 2.30. The van der Waals surface area contributed by atoms with E-state index in [0.717, 1.165) is 24.4 Å². The number of hydrogen-bond donors (Lipinski definition) is 0. The first-order valence-electron chi connectivity index (χ1n) is 6.19. The summed E-state index contributed by atoms with van der Waals surface area (Å²) in [4.78, 5) is 2.70. The summed E-state index contributed by atoms with van der Waals surface area (Å²) in [5, 5.41) is 8.77. The summed E-state index contributed by atoms with van der Waals surface area (Å²) in [6, 6.07) is 5.49. The van der Waals surface area contributed by atoms with Gasteiger partial charge in [0.25, 0.3) is 10.0 Å². The molecule has 0 N–H and O–H groups in total. The van der Waals surface area contributed by atoms with E-state index in [4.69, 9.17) is 5.26 Å². The Labute approximate surface area is 118 Å². The second-order valence-corrected chi connectivity index (χ2v) is 8.01. The van der Waals surface area contributed by atoms with E-state index < -0.39 is 10.0 Å². The topological polar surface area (TPSA) is 64.4 Å². The molecule has 1 aliphatic rings. The SMILES string of the molecule is CC(C)N1CCN(S(=O)(=O)c2ccc(C#N)s2)CC1. The maximum atomic E-state index is 12.4. The molecule has 0 aromatic carbocycles. The van der Waals surface area contributed by atoms with Crippen LogP contribution in [0.25, 0.3) is 0 Å². The molecule has 1 fully saturated rings. The number of hydrogen-bond acceptors (Lipinski definition) is 5. The van der Waals surface area contributed by atoms with Gasteiger partial charge in [-0.2, -0.15) is 9.57 Å². The van der Waals surface area contributed by atoms with Crippen molar-refractivity contribution < 1.29 is 8.42 Å². The summed E-state index contributed by atoms with van der Waals surface area (Å²) >= 11 is 1.04. The molecule has 104 valence electrons. The second kappa shape index (κ2) is 5.59. The smallest absolute Gasteiger partial charge is 0.252 e. The van der Waals surface area contributed by atoms with Crippen molar-refractivity contribution in [2.75, 3.05) is 26.2 Å². The average molecular weight is 299 g/mol. The van der Waals surface area contributed by atoms with Gasteiger partial charge in [-0.15, -0.1) is 11.3 Å². The lowest BCUT2D eigenvalue weighted by Gasteiger charge is -2.35. The van der Waals surface area contributed by atoms with Crippen molar-refractivity contribution in [3.63, 3.8) is 0 Å². The fraction of sp³-hybridized carbons (Fsp3) is 0.583. The monoisotopic (exact) mass is 299 g/mol. The number of rotatable bonds is 3. The molecular weight excluding hydrogens is 282 g/mol. The summed E-state index contributed by atoms with van der Waals surface area (Å²) in [7, 11) is -3.43. The molecule has 19 heavy (non-hydrogen) atoms. The van der Waals surface area contributed by atoms with E-state index >= 15 is 0 Å². The maximum absolute atomic E-state index is 12.4. The van der Waals surface area contributed by atoms with E-state index in [2.05, 4.69) is 18.7 Å². The van der Waals surface area contributed by atoms with Gasteiger partial charge in [-0.3, -0.25) is 4.90 Å². The van der Waals surface area contributed by atoms with E-state index in [1.54, 1.807) is 6.07 Å². The van der Waals surface area contributed by atoms with Crippen molar-refractivity contribution in [1.82, 2.24) is 9.21 Å². The first kappa shape index (κ1) is 14.5. The van der Waals surface area contributed by atoms with Crippen LogP contribution in [-0.4, -0.2) is 49.8 Å². The Morgan fingerprint density at radius 3 is 2.37 bits per heavy atom.